The van der Waals surface area contributed by atoms with Gasteiger partial charge in [0.15, 0.2) is 0 Å². The molecule has 2 aromatic heterocycles. The van der Waals surface area contributed by atoms with Crippen molar-refractivity contribution in [2.75, 3.05) is 20.1 Å². The molecule has 3 aliphatic rings. The van der Waals surface area contributed by atoms with Crippen LogP contribution in [-0.2, 0) is 14.8 Å². The van der Waals surface area contributed by atoms with Crippen LogP contribution < -0.4 is 0 Å². The summed E-state index contributed by atoms with van der Waals surface area (Å²) in [5.41, 5.74) is 0. The number of amides is 1. The van der Waals surface area contributed by atoms with Gasteiger partial charge in [0, 0.05) is 37.0 Å². The third-order valence-corrected chi connectivity index (χ3v) is 10.4. The van der Waals surface area contributed by atoms with E-state index in [-0.39, 0.29) is 29.3 Å². The average Bonchev–Trinajstić information content (AvgIpc) is 3.43. The smallest absolute Gasteiger partial charge is 0.244 e. The van der Waals surface area contributed by atoms with Crippen LogP contribution in [0.25, 0.3) is 10.7 Å². The zero-order valence-electron chi connectivity index (χ0n) is 19.3. The molecular formula is C23H32N4O4S2. The van der Waals surface area contributed by atoms with Crippen LogP contribution in [0, 0.1) is 12.8 Å². The van der Waals surface area contributed by atoms with Crippen molar-refractivity contribution in [3.05, 3.63) is 16.8 Å². The SMILES string of the molecule is Cc1sc(-c2noc(C3CC3)n2)cc1S(=O)(=O)N1CCCC(C(=O)N(C)C2CCCCC2)C1. The first-order valence-electron chi connectivity index (χ1n) is 12.1. The Labute approximate surface area is 199 Å². The van der Waals surface area contributed by atoms with Gasteiger partial charge < -0.3 is 9.42 Å². The highest BCUT2D eigenvalue weighted by molar-refractivity contribution is 7.89. The summed E-state index contributed by atoms with van der Waals surface area (Å²) >= 11 is 1.37. The summed E-state index contributed by atoms with van der Waals surface area (Å²) in [5, 5.41) is 4.06. The van der Waals surface area contributed by atoms with Gasteiger partial charge in [-0.3, -0.25) is 4.79 Å². The molecule has 0 spiro atoms. The van der Waals surface area contributed by atoms with Gasteiger partial charge in [0.1, 0.15) is 0 Å². The summed E-state index contributed by atoms with van der Waals surface area (Å²) in [5.74, 6) is 1.25. The lowest BCUT2D eigenvalue weighted by atomic mass is 9.92. The van der Waals surface area contributed by atoms with Gasteiger partial charge in [-0.15, -0.1) is 11.3 Å². The molecule has 1 atom stereocenters. The molecule has 1 aliphatic heterocycles. The highest BCUT2D eigenvalue weighted by Gasteiger charge is 2.37. The third kappa shape index (κ3) is 4.61. The normalized spacial score (nSPS) is 23.0. The van der Waals surface area contributed by atoms with E-state index in [9.17, 15) is 13.2 Å². The number of hydrogen-bond acceptors (Lipinski definition) is 7. The molecule has 3 heterocycles. The van der Waals surface area contributed by atoms with Gasteiger partial charge >= 0.3 is 0 Å². The van der Waals surface area contributed by atoms with Gasteiger partial charge in [-0.1, -0.05) is 24.4 Å². The van der Waals surface area contributed by atoms with Crippen molar-refractivity contribution in [2.24, 2.45) is 5.92 Å². The Morgan fingerprint density at radius 1 is 1.15 bits per heavy atom. The molecule has 33 heavy (non-hydrogen) atoms. The lowest BCUT2D eigenvalue weighted by molar-refractivity contribution is -0.138. The molecule has 2 aromatic rings. The number of carbonyl (C=O) groups excluding carboxylic acids is 1. The van der Waals surface area contributed by atoms with E-state index in [0.717, 1.165) is 44.9 Å². The fourth-order valence-corrected chi connectivity index (χ4v) is 8.11. The van der Waals surface area contributed by atoms with Crippen molar-refractivity contribution < 1.29 is 17.7 Å². The molecule has 1 unspecified atom stereocenters. The van der Waals surface area contributed by atoms with Crippen molar-refractivity contribution in [1.82, 2.24) is 19.3 Å². The first kappa shape index (κ1) is 23.0. The zero-order chi connectivity index (χ0) is 23.2. The van der Waals surface area contributed by atoms with E-state index < -0.39 is 10.0 Å². The lowest BCUT2D eigenvalue weighted by Gasteiger charge is -2.37. The number of aromatic nitrogens is 2. The van der Waals surface area contributed by atoms with Crippen molar-refractivity contribution in [2.45, 2.75) is 81.6 Å². The zero-order valence-corrected chi connectivity index (χ0v) is 21.0. The summed E-state index contributed by atoms with van der Waals surface area (Å²) in [6.07, 6.45) is 9.22. The minimum absolute atomic E-state index is 0.0870. The first-order chi connectivity index (χ1) is 15.8. The second-order valence-electron chi connectivity index (χ2n) is 9.70. The summed E-state index contributed by atoms with van der Waals surface area (Å²) in [6.45, 7) is 2.50. The minimum Gasteiger partial charge on any atom is -0.342 e. The Hall–Kier alpha value is -1.78. The fourth-order valence-electron chi connectivity index (χ4n) is 5.10. The number of piperidine rings is 1. The second kappa shape index (κ2) is 9.11. The van der Waals surface area contributed by atoms with E-state index in [1.54, 1.807) is 6.07 Å². The number of aryl methyl sites for hydroxylation is 1. The summed E-state index contributed by atoms with van der Waals surface area (Å²) in [7, 11) is -1.82. The average molecular weight is 493 g/mol. The number of thiophene rings is 1. The highest BCUT2D eigenvalue weighted by atomic mass is 32.2. The van der Waals surface area contributed by atoms with Crippen LogP contribution in [0.2, 0.25) is 0 Å². The van der Waals surface area contributed by atoms with Crippen LogP contribution in [0.1, 0.15) is 74.5 Å². The van der Waals surface area contributed by atoms with Gasteiger partial charge in [-0.25, -0.2) is 8.42 Å². The molecule has 0 radical (unpaired) electrons. The molecular weight excluding hydrogens is 460 g/mol. The standard InChI is InChI=1S/C23H32N4O4S2/c1-15-20(13-19(32-15)21-24-22(31-25-21)16-10-11-16)33(29,30)27-12-6-7-17(14-27)23(28)26(2)18-8-4-3-5-9-18/h13,16-18H,3-12,14H2,1-2H3. The van der Waals surface area contributed by atoms with Crippen molar-refractivity contribution in [3.63, 3.8) is 0 Å². The Morgan fingerprint density at radius 3 is 2.64 bits per heavy atom. The number of sulfonamides is 1. The predicted octanol–water partition coefficient (Wildman–Crippen LogP) is 4.18. The maximum atomic E-state index is 13.6. The van der Waals surface area contributed by atoms with Gasteiger partial charge in [-0.05, 0) is 51.5 Å². The Morgan fingerprint density at radius 2 is 1.91 bits per heavy atom. The summed E-state index contributed by atoms with van der Waals surface area (Å²) < 4.78 is 34.0. The molecule has 0 bridgehead atoms. The largest absolute Gasteiger partial charge is 0.342 e. The molecule has 2 saturated carbocycles. The van der Waals surface area contributed by atoms with Crippen LogP contribution in [-0.4, -0.2) is 59.8 Å². The Bertz CT molecular complexity index is 1120. The summed E-state index contributed by atoms with van der Waals surface area (Å²) in [6, 6.07) is 1.95. The van der Waals surface area contributed by atoms with E-state index >= 15 is 0 Å². The Balaban J connectivity index is 1.31. The summed E-state index contributed by atoms with van der Waals surface area (Å²) in [4.78, 5) is 21.2. The maximum absolute atomic E-state index is 13.6. The topological polar surface area (TPSA) is 96.6 Å². The Kier molecular flexibility index (Phi) is 6.35. The molecule has 0 N–H and O–H groups in total. The highest BCUT2D eigenvalue weighted by Crippen LogP contribution is 2.41. The number of rotatable bonds is 6. The van der Waals surface area contributed by atoms with Gasteiger partial charge in [0.05, 0.1) is 15.7 Å². The monoisotopic (exact) mass is 492 g/mol. The molecule has 3 fully saturated rings. The second-order valence-corrected chi connectivity index (χ2v) is 12.9. The molecule has 2 aliphatic carbocycles. The van der Waals surface area contributed by atoms with Crippen LogP contribution in [0.15, 0.2) is 15.5 Å². The molecule has 8 nitrogen and oxygen atoms in total. The maximum Gasteiger partial charge on any atom is 0.244 e. The minimum atomic E-state index is -3.71. The van der Waals surface area contributed by atoms with Gasteiger partial charge in [-0.2, -0.15) is 9.29 Å². The van der Waals surface area contributed by atoms with E-state index in [4.69, 9.17) is 4.52 Å². The molecule has 5 rings (SSSR count). The van der Waals surface area contributed by atoms with Crippen LogP contribution in [0.4, 0.5) is 0 Å². The molecule has 1 amide bonds. The van der Waals surface area contributed by atoms with E-state index in [1.165, 1.54) is 22.1 Å². The van der Waals surface area contributed by atoms with Crippen molar-refractivity contribution in [3.8, 4) is 10.7 Å². The number of carbonyl (C=O) groups is 1. The van der Waals surface area contributed by atoms with Gasteiger partial charge in [0.25, 0.3) is 0 Å². The van der Waals surface area contributed by atoms with Crippen LogP contribution in [0.5, 0.6) is 0 Å². The van der Waals surface area contributed by atoms with Crippen LogP contribution >= 0.6 is 11.3 Å². The van der Waals surface area contributed by atoms with Crippen molar-refractivity contribution >= 4 is 27.3 Å². The van der Waals surface area contributed by atoms with Gasteiger partial charge in [0.2, 0.25) is 27.6 Å². The molecule has 10 heteroatoms. The number of nitrogens with zero attached hydrogens (tertiary/aromatic N) is 4. The number of hydrogen-bond donors (Lipinski definition) is 0. The quantitative estimate of drug-likeness (QED) is 0.600. The molecule has 0 aromatic carbocycles. The van der Waals surface area contributed by atoms with E-state index in [0.29, 0.717) is 40.4 Å². The fraction of sp³-hybridized carbons (Fsp3) is 0.696. The van der Waals surface area contributed by atoms with Crippen LogP contribution in [0.3, 0.4) is 0 Å². The van der Waals surface area contributed by atoms with E-state index in [2.05, 4.69) is 10.1 Å². The van der Waals surface area contributed by atoms with E-state index in [1.807, 2.05) is 18.9 Å². The molecule has 180 valence electrons. The molecule has 1 saturated heterocycles. The van der Waals surface area contributed by atoms with Crippen molar-refractivity contribution in [1.29, 1.82) is 0 Å². The first-order valence-corrected chi connectivity index (χ1v) is 14.3. The third-order valence-electron chi connectivity index (χ3n) is 7.28. The predicted molar refractivity (Wildman–Crippen MR) is 125 cm³/mol. The lowest BCUT2D eigenvalue weighted by Crippen LogP contribution is -2.48.